The van der Waals surface area contributed by atoms with Crippen molar-refractivity contribution in [3.8, 4) is 11.5 Å². The average molecular weight is 622 g/mol. The van der Waals surface area contributed by atoms with E-state index in [0.717, 1.165) is 11.2 Å². The van der Waals surface area contributed by atoms with Crippen LogP contribution in [0.15, 0.2) is 36.4 Å². The van der Waals surface area contributed by atoms with Crippen LogP contribution < -0.4 is 14.8 Å². The molecule has 3 amide bonds. The van der Waals surface area contributed by atoms with Crippen molar-refractivity contribution >= 4 is 39.2 Å². The number of esters is 1. The van der Waals surface area contributed by atoms with E-state index in [1.807, 2.05) is 0 Å². The van der Waals surface area contributed by atoms with E-state index >= 15 is 0 Å². The number of nitrogens with one attached hydrogen (secondary N) is 1. The Morgan fingerprint density at radius 2 is 1.81 bits per heavy atom. The second-order valence-electron chi connectivity index (χ2n) is 10.2. The number of carbonyl (C=O) groups is 4. The number of fused-ring (bicyclic) bond motifs is 1. The molecule has 1 atom stereocenters. The van der Waals surface area contributed by atoms with E-state index in [2.05, 4.69) is 10.2 Å². The normalized spacial score (nSPS) is 13.7. The molecular weight excluding hydrogens is 590 g/mol. The Balaban J connectivity index is 1.88. The molecule has 1 N–H and O–H groups in total. The van der Waals surface area contributed by atoms with Gasteiger partial charge in [0.15, 0.2) is 18.1 Å². The van der Waals surface area contributed by atoms with Crippen molar-refractivity contribution in [3.05, 3.63) is 63.2 Å². The molecular formula is C27H31N3O12S. The summed E-state index contributed by atoms with van der Waals surface area (Å²) in [6.07, 6.45) is 0.975. The van der Waals surface area contributed by atoms with E-state index in [9.17, 15) is 37.7 Å². The summed E-state index contributed by atoms with van der Waals surface area (Å²) in [5.41, 5.74) is -1.47. The van der Waals surface area contributed by atoms with Crippen LogP contribution >= 0.6 is 0 Å². The molecule has 0 spiro atoms. The maximum Gasteiger partial charge on any atom is 0.313 e. The zero-order valence-corrected chi connectivity index (χ0v) is 24.9. The number of hydrogen-bond donors (Lipinski definition) is 1. The summed E-state index contributed by atoms with van der Waals surface area (Å²) in [7, 11) is -2.30. The largest absolute Gasteiger partial charge is 0.493 e. The van der Waals surface area contributed by atoms with Crippen molar-refractivity contribution in [1.29, 1.82) is 0 Å². The smallest absolute Gasteiger partial charge is 0.313 e. The van der Waals surface area contributed by atoms with Crippen LogP contribution in [0.2, 0.25) is 0 Å². The van der Waals surface area contributed by atoms with Crippen LogP contribution in [0.3, 0.4) is 0 Å². The number of sulfone groups is 1. The van der Waals surface area contributed by atoms with Gasteiger partial charge in [-0.05, 0) is 50.6 Å². The van der Waals surface area contributed by atoms with E-state index in [-0.39, 0.29) is 29.2 Å². The van der Waals surface area contributed by atoms with Gasteiger partial charge in [0.2, 0.25) is 0 Å². The fourth-order valence-corrected chi connectivity index (χ4v) is 5.17. The Hall–Kier alpha value is -4.73. The molecule has 0 aromatic heterocycles. The van der Waals surface area contributed by atoms with Crippen LogP contribution in [0.25, 0.3) is 0 Å². The molecule has 2 aromatic rings. The van der Waals surface area contributed by atoms with Crippen molar-refractivity contribution in [3.63, 3.8) is 0 Å². The molecule has 1 heterocycles. The third-order valence-corrected chi connectivity index (χ3v) is 7.20. The molecule has 232 valence electrons. The standard InChI is InChI=1S/C27H31N3O12S/c1-6-40-21-12-16(10-11-20(21)39-4)19(14-43(5,37)38)29-24(32)17-8-7-9-18(23(17)25(29)33)28-22(31)13-41-26(34)27(2,3)15-42-30(35)36/h7-12,19H,6,13-15H2,1-5H3,(H,28,31). The second kappa shape index (κ2) is 13.1. The van der Waals surface area contributed by atoms with Crippen molar-refractivity contribution in [2.45, 2.75) is 26.8 Å². The number of carbonyl (C=O) groups excluding carboxylic acids is 4. The lowest BCUT2D eigenvalue weighted by Crippen LogP contribution is -2.38. The average Bonchev–Trinajstić information content (AvgIpc) is 3.19. The van der Waals surface area contributed by atoms with Gasteiger partial charge in [-0.3, -0.25) is 24.1 Å². The number of hydrogen-bond acceptors (Lipinski definition) is 12. The Labute approximate surface area is 247 Å². The molecule has 1 aliphatic heterocycles. The van der Waals surface area contributed by atoms with Crippen LogP contribution in [-0.4, -0.2) is 81.0 Å². The highest BCUT2D eigenvalue weighted by Crippen LogP contribution is 2.38. The van der Waals surface area contributed by atoms with Gasteiger partial charge in [0.05, 0.1) is 47.7 Å². The first-order valence-corrected chi connectivity index (χ1v) is 14.9. The third-order valence-electron chi connectivity index (χ3n) is 6.28. The molecule has 0 bridgehead atoms. The molecule has 0 saturated carbocycles. The minimum Gasteiger partial charge on any atom is -0.493 e. The first-order chi connectivity index (χ1) is 20.1. The van der Waals surface area contributed by atoms with E-state index < -0.39 is 69.0 Å². The lowest BCUT2D eigenvalue weighted by molar-refractivity contribution is -0.760. The number of benzene rings is 2. The molecule has 2 aromatic carbocycles. The number of ether oxygens (including phenoxy) is 3. The molecule has 1 aliphatic rings. The Morgan fingerprint density at radius 3 is 2.42 bits per heavy atom. The highest BCUT2D eigenvalue weighted by molar-refractivity contribution is 7.90. The zero-order chi connectivity index (χ0) is 32.1. The maximum absolute atomic E-state index is 13.7. The lowest BCUT2D eigenvalue weighted by Gasteiger charge is -2.27. The number of amides is 3. The van der Waals surface area contributed by atoms with Gasteiger partial charge < -0.3 is 24.4 Å². The first kappa shape index (κ1) is 32.8. The summed E-state index contributed by atoms with van der Waals surface area (Å²) in [5.74, 6) is -3.39. The first-order valence-electron chi connectivity index (χ1n) is 12.8. The van der Waals surface area contributed by atoms with Crippen LogP contribution in [0.5, 0.6) is 11.5 Å². The molecule has 43 heavy (non-hydrogen) atoms. The van der Waals surface area contributed by atoms with Crippen LogP contribution in [0.1, 0.15) is 53.1 Å². The van der Waals surface area contributed by atoms with E-state index in [0.29, 0.717) is 11.3 Å². The van der Waals surface area contributed by atoms with Crippen molar-refractivity contribution < 1.29 is 51.7 Å². The predicted octanol–water partition coefficient (Wildman–Crippen LogP) is 2.19. The van der Waals surface area contributed by atoms with Gasteiger partial charge in [-0.1, -0.05) is 12.1 Å². The van der Waals surface area contributed by atoms with Gasteiger partial charge in [0.1, 0.15) is 16.4 Å². The summed E-state index contributed by atoms with van der Waals surface area (Å²) in [6.45, 7) is 3.26. The highest BCUT2D eigenvalue weighted by Gasteiger charge is 2.43. The monoisotopic (exact) mass is 621 g/mol. The van der Waals surface area contributed by atoms with Gasteiger partial charge in [-0.15, -0.1) is 10.1 Å². The van der Waals surface area contributed by atoms with Crippen molar-refractivity contribution in [1.82, 2.24) is 4.90 Å². The number of anilines is 1. The molecule has 15 nitrogen and oxygen atoms in total. The fourth-order valence-electron chi connectivity index (χ4n) is 4.25. The zero-order valence-electron chi connectivity index (χ0n) is 24.1. The Bertz CT molecular complexity index is 1550. The molecule has 3 rings (SSSR count). The summed E-state index contributed by atoms with van der Waals surface area (Å²) in [4.78, 5) is 67.7. The van der Waals surface area contributed by atoms with Gasteiger partial charge in [-0.25, -0.2) is 8.42 Å². The lowest BCUT2D eigenvalue weighted by atomic mass is 9.95. The molecule has 0 fully saturated rings. The second-order valence-corrected chi connectivity index (χ2v) is 12.4. The molecule has 0 saturated heterocycles. The van der Waals surface area contributed by atoms with Gasteiger partial charge >= 0.3 is 5.97 Å². The maximum atomic E-state index is 13.7. The van der Waals surface area contributed by atoms with Gasteiger partial charge in [0, 0.05) is 6.26 Å². The van der Waals surface area contributed by atoms with Crippen LogP contribution in [0.4, 0.5) is 5.69 Å². The third kappa shape index (κ3) is 7.77. The van der Waals surface area contributed by atoms with Crippen molar-refractivity contribution in [2.75, 3.05) is 44.3 Å². The summed E-state index contributed by atoms with van der Waals surface area (Å²) >= 11 is 0. The molecule has 0 radical (unpaired) electrons. The number of nitrogens with zero attached hydrogens (tertiary/aromatic N) is 2. The molecule has 16 heteroatoms. The molecule has 0 aliphatic carbocycles. The SMILES string of the molecule is CCOc1cc(C(CS(C)(=O)=O)N2C(=O)c3cccc(NC(=O)COC(=O)C(C)(C)CO[N+](=O)[O-])c3C2=O)ccc1OC. The number of rotatable bonds is 14. The van der Waals surface area contributed by atoms with Crippen LogP contribution in [-0.2, 0) is 29.0 Å². The summed E-state index contributed by atoms with van der Waals surface area (Å²) < 4.78 is 40.7. The highest BCUT2D eigenvalue weighted by atomic mass is 32.2. The topological polar surface area (TPSA) is 198 Å². The summed E-state index contributed by atoms with van der Waals surface area (Å²) in [6, 6.07) is 7.44. The van der Waals surface area contributed by atoms with Crippen LogP contribution in [0, 0.1) is 15.5 Å². The molecule has 1 unspecified atom stereocenters. The van der Waals surface area contributed by atoms with Crippen molar-refractivity contribution in [2.24, 2.45) is 5.41 Å². The van der Waals surface area contributed by atoms with E-state index in [1.54, 1.807) is 6.92 Å². The fraction of sp³-hybridized carbons (Fsp3) is 0.407. The number of methoxy groups -OCH3 is 1. The quantitative estimate of drug-likeness (QED) is 0.140. The summed E-state index contributed by atoms with van der Waals surface area (Å²) in [5, 5.41) is 11.8. The minimum atomic E-state index is -3.73. The van der Waals surface area contributed by atoms with E-state index in [1.165, 1.54) is 57.4 Å². The Morgan fingerprint density at radius 1 is 1.12 bits per heavy atom. The van der Waals surface area contributed by atoms with E-state index in [4.69, 9.17) is 14.2 Å². The number of imide groups is 1. The van der Waals surface area contributed by atoms with Gasteiger partial charge in [0.25, 0.3) is 22.8 Å². The predicted molar refractivity (Wildman–Crippen MR) is 150 cm³/mol. The minimum absolute atomic E-state index is 0.0711. The Kier molecular flexibility index (Phi) is 9.96. The van der Waals surface area contributed by atoms with Gasteiger partial charge in [-0.2, -0.15) is 0 Å².